The predicted molar refractivity (Wildman–Crippen MR) is 50.3 cm³/mol. The number of aromatic hydroxyl groups is 1. The smallest absolute Gasteiger partial charge is 0.140 e. The number of rotatable bonds is 2. The summed E-state index contributed by atoms with van der Waals surface area (Å²) < 4.78 is 4.93. The molecule has 0 spiro atoms. The lowest BCUT2D eigenvalue weighted by Crippen LogP contribution is -1.94. The number of benzene rings is 1. The summed E-state index contributed by atoms with van der Waals surface area (Å²) in [5.41, 5.74) is 0.365. The standard InChI is InChI=1S/C9H11ClO3/c1-5(11)7-3-6(13-2)4-8(10)9(7)12/h3-5,11-12H,1-2H3. The van der Waals surface area contributed by atoms with Crippen LogP contribution in [0.25, 0.3) is 0 Å². The lowest BCUT2D eigenvalue weighted by atomic mass is 10.1. The average Bonchev–Trinajstić information content (AvgIpc) is 2.09. The van der Waals surface area contributed by atoms with E-state index in [0.717, 1.165) is 0 Å². The topological polar surface area (TPSA) is 49.7 Å². The Morgan fingerprint density at radius 1 is 1.46 bits per heavy atom. The lowest BCUT2D eigenvalue weighted by Gasteiger charge is -2.10. The molecule has 0 heterocycles. The zero-order valence-electron chi connectivity index (χ0n) is 7.41. The van der Waals surface area contributed by atoms with E-state index in [-0.39, 0.29) is 10.8 Å². The van der Waals surface area contributed by atoms with Gasteiger partial charge in [-0.1, -0.05) is 11.6 Å². The first-order valence-corrected chi connectivity index (χ1v) is 4.18. The maximum atomic E-state index is 9.44. The number of phenolic OH excluding ortho intramolecular Hbond substituents is 1. The number of ether oxygens (including phenoxy) is 1. The van der Waals surface area contributed by atoms with Crippen LogP contribution in [0.15, 0.2) is 12.1 Å². The number of aliphatic hydroxyl groups excluding tert-OH is 1. The van der Waals surface area contributed by atoms with Gasteiger partial charge in [0, 0.05) is 11.6 Å². The van der Waals surface area contributed by atoms with E-state index in [4.69, 9.17) is 16.3 Å². The van der Waals surface area contributed by atoms with Crippen molar-refractivity contribution in [3.8, 4) is 11.5 Å². The number of hydrogen-bond acceptors (Lipinski definition) is 3. The van der Waals surface area contributed by atoms with Crippen molar-refractivity contribution in [2.45, 2.75) is 13.0 Å². The van der Waals surface area contributed by atoms with Crippen LogP contribution >= 0.6 is 11.6 Å². The molecule has 0 saturated heterocycles. The van der Waals surface area contributed by atoms with Gasteiger partial charge in [0.15, 0.2) is 0 Å². The van der Waals surface area contributed by atoms with E-state index in [1.165, 1.54) is 13.2 Å². The number of phenols is 1. The summed E-state index contributed by atoms with van der Waals surface area (Å²) in [6.07, 6.45) is -0.771. The van der Waals surface area contributed by atoms with Crippen molar-refractivity contribution in [1.82, 2.24) is 0 Å². The van der Waals surface area contributed by atoms with Crippen molar-refractivity contribution in [1.29, 1.82) is 0 Å². The molecule has 1 unspecified atom stereocenters. The van der Waals surface area contributed by atoms with Gasteiger partial charge >= 0.3 is 0 Å². The molecule has 0 saturated carbocycles. The van der Waals surface area contributed by atoms with Gasteiger partial charge in [0.2, 0.25) is 0 Å². The van der Waals surface area contributed by atoms with E-state index in [1.54, 1.807) is 13.0 Å². The third-order valence-electron chi connectivity index (χ3n) is 1.75. The molecule has 0 aromatic heterocycles. The quantitative estimate of drug-likeness (QED) is 0.772. The van der Waals surface area contributed by atoms with Crippen molar-refractivity contribution >= 4 is 11.6 Å². The van der Waals surface area contributed by atoms with Crippen LogP contribution in [0.1, 0.15) is 18.6 Å². The fraction of sp³-hybridized carbons (Fsp3) is 0.333. The highest BCUT2D eigenvalue weighted by atomic mass is 35.5. The van der Waals surface area contributed by atoms with Crippen LogP contribution in [0.5, 0.6) is 11.5 Å². The largest absolute Gasteiger partial charge is 0.506 e. The number of halogens is 1. The van der Waals surface area contributed by atoms with Crippen LogP contribution in [0.2, 0.25) is 5.02 Å². The molecule has 3 nitrogen and oxygen atoms in total. The van der Waals surface area contributed by atoms with Crippen LogP contribution in [0, 0.1) is 0 Å². The Balaban J connectivity index is 3.25. The highest BCUT2D eigenvalue weighted by Gasteiger charge is 2.12. The maximum Gasteiger partial charge on any atom is 0.140 e. The zero-order valence-corrected chi connectivity index (χ0v) is 8.17. The van der Waals surface area contributed by atoms with Crippen molar-refractivity contribution < 1.29 is 14.9 Å². The SMILES string of the molecule is COc1cc(Cl)c(O)c(C(C)O)c1. The highest BCUT2D eigenvalue weighted by Crippen LogP contribution is 2.35. The molecule has 13 heavy (non-hydrogen) atoms. The van der Waals surface area contributed by atoms with E-state index in [9.17, 15) is 10.2 Å². The first-order chi connectivity index (χ1) is 6.06. The Morgan fingerprint density at radius 3 is 2.54 bits per heavy atom. The van der Waals surface area contributed by atoms with E-state index in [1.807, 2.05) is 0 Å². The highest BCUT2D eigenvalue weighted by molar-refractivity contribution is 6.32. The molecule has 0 aliphatic rings. The fourth-order valence-electron chi connectivity index (χ4n) is 1.03. The van der Waals surface area contributed by atoms with Crippen molar-refractivity contribution in [2.24, 2.45) is 0 Å². The van der Waals surface area contributed by atoms with Gasteiger partial charge in [0.25, 0.3) is 0 Å². The summed E-state index contributed by atoms with van der Waals surface area (Å²) in [7, 11) is 1.49. The van der Waals surface area contributed by atoms with Crippen LogP contribution < -0.4 is 4.74 Å². The van der Waals surface area contributed by atoms with E-state index in [0.29, 0.717) is 11.3 Å². The van der Waals surface area contributed by atoms with Gasteiger partial charge in [0.05, 0.1) is 18.2 Å². The third-order valence-corrected chi connectivity index (χ3v) is 2.04. The molecule has 1 aromatic rings. The second-order valence-corrected chi connectivity index (χ2v) is 3.13. The lowest BCUT2D eigenvalue weighted by molar-refractivity contribution is 0.194. The molecule has 0 bridgehead atoms. The van der Waals surface area contributed by atoms with Crippen LogP contribution in [-0.2, 0) is 0 Å². The molecule has 1 aromatic carbocycles. The van der Waals surface area contributed by atoms with E-state index < -0.39 is 6.10 Å². The molecule has 0 amide bonds. The van der Waals surface area contributed by atoms with Crippen molar-refractivity contribution in [2.75, 3.05) is 7.11 Å². The number of hydrogen-bond donors (Lipinski definition) is 2. The van der Waals surface area contributed by atoms with Gasteiger partial charge in [-0.3, -0.25) is 0 Å². The van der Waals surface area contributed by atoms with Gasteiger partial charge < -0.3 is 14.9 Å². The monoisotopic (exact) mass is 202 g/mol. The van der Waals surface area contributed by atoms with Crippen LogP contribution in [0.4, 0.5) is 0 Å². The number of methoxy groups -OCH3 is 1. The van der Waals surface area contributed by atoms with Crippen molar-refractivity contribution in [3.63, 3.8) is 0 Å². The minimum atomic E-state index is -0.771. The summed E-state index contributed by atoms with van der Waals surface area (Å²) in [5, 5.41) is 18.9. The second-order valence-electron chi connectivity index (χ2n) is 2.72. The summed E-state index contributed by atoms with van der Waals surface area (Å²) in [5.74, 6) is 0.413. The van der Waals surface area contributed by atoms with Gasteiger partial charge in [-0.25, -0.2) is 0 Å². The molecular formula is C9H11ClO3. The zero-order chi connectivity index (χ0) is 10.0. The molecule has 0 fully saturated rings. The van der Waals surface area contributed by atoms with Crippen molar-refractivity contribution in [3.05, 3.63) is 22.7 Å². The molecule has 1 rings (SSSR count). The number of aliphatic hydroxyl groups is 1. The van der Waals surface area contributed by atoms with Crippen LogP contribution in [0.3, 0.4) is 0 Å². The summed E-state index contributed by atoms with van der Waals surface area (Å²) in [6.45, 7) is 1.55. The van der Waals surface area contributed by atoms with Gasteiger partial charge in [0.1, 0.15) is 11.5 Å². The minimum absolute atomic E-state index is 0.0996. The molecule has 0 aliphatic carbocycles. The van der Waals surface area contributed by atoms with Crippen LogP contribution in [-0.4, -0.2) is 17.3 Å². The first kappa shape index (κ1) is 10.2. The molecule has 0 aliphatic heterocycles. The summed E-state index contributed by atoms with van der Waals surface area (Å²) in [6, 6.07) is 3.04. The average molecular weight is 203 g/mol. The minimum Gasteiger partial charge on any atom is -0.506 e. The molecule has 0 radical (unpaired) electrons. The Hall–Kier alpha value is -0.930. The molecule has 72 valence electrons. The third kappa shape index (κ3) is 2.05. The Morgan fingerprint density at radius 2 is 2.08 bits per heavy atom. The first-order valence-electron chi connectivity index (χ1n) is 3.80. The van der Waals surface area contributed by atoms with E-state index in [2.05, 4.69) is 0 Å². The fourth-order valence-corrected chi connectivity index (χ4v) is 1.25. The normalized spacial score (nSPS) is 12.6. The van der Waals surface area contributed by atoms with Gasteiger partial charge in [-0.15, -0.1) is 0 Å². The summed E-state index contributed by atoms with van der Waals surface area (Å²) in [4.78, 5) is 0. The van der Waals surface area contributed by atoms with E-state index >= 15 is 0 Å². The molecule has 2 N–H and O–H groups in total. The van der Waals surface area contributed by atoms with Gasteiger partial charge in [-0.05, 0) is 13.0 Å². The van der Waals surface area contributed by atoms with Gasteiger partial charge in [-0.2, -0.15) is 0 Å². The Kier molecular flexibility index (Phi) is 3.01. The molecule has 4 heteroatoms. The second kappa shape index (κ2) is 3.85. The molecule has 1 atom stereocenters. The Bertz CT molecular complexity index is 310. The predicted octanol–water partition coefficient (Wildman–Crippen LogP) is 2.11. The Labute approximate surface area is 81.5 Å². The summed E-state index contributed by atoms with van der Waals surface area (Å²) >= 11 is 5.70. The maximum absolute atomic E-state index is 9.44. The molecular weight excluding hydrogens is 192 g/mol.